The van der Waals surface area contributed by atoms with Gasteiger partial charge in [0.25, 0.3) is 0 Å². The maximum Gasteiger partial charge on any atom is 0.240 e. The summed E-state index contributed by atoms with van der Waals surface area (Å²) in [6, 6.07) is 13.8. The van der Waals surface area contributed by atoms with Gasteiger partial charge in [0.05, 0.1) is 17.5 Å². The highest BCUT2D eigenvalue weighted by molar-refractivity contribution is 7.89. The fourth-order valence-corrected chi connectivity index (χ4v) is 3.86. The predicted molar refractivity (Wildman–Crippen MR) is 115 cm³/mol. The third-order valence-electron chi connectivity index (χ3n) is 4.77. The predicted octanol–water partition coefficient (Wildman–Crippen LogP) is 3.55. The monoisotopic (exact) mass is 430 g/mol. The van der Waals surface area contributed by atoms with E-state index < -0.39 is 10.0 Å². The standard InChI is InChI=1S/C22H26N2O5S/c1-4-28-19-7-5-6-17-14-20(29-22(17)19)15(2)24-21(25)13-10-16-8-11-18(12-9-16)30(26,27)23-3/h5-9,11-12,14-15,23H,4,10,13H2,1-3H3,(H,24,25). The van der Waals surface area contributed by atoms with E-state index in [-0.39, 0.29) is 23.3 Å². The van der Waals surface area contributed by atoms with Gasteiger partial charge in [-0.3, -0.25) is 4.79 Å². The lowest BCUT2D eigenvalue weighted by molar-refractivity contribution is -0.121. The minimum atomic E-state index is -3.46. The Labute approximate surface area is 176 Å². The molecule has 3 rings (SSSR count). The van der Waals surface area contributed by atoms with Crippen LogP contribution in [0.25, 0.3) is 11.0 Å². The summed E-state index contributed by atoms with van der Waals surface area (Å²) in [5.74, 6) is 1.23. The van der Waals surface area contributed by atoms with Gasteiger partial charge in [0.2, 0.25) is 15.9 Å². The number of sulfonamides is 1. The average molecular weight is 431 g/mol. The SMILES string of the molecule is CCOc1cccc2cc(C(C)NC(=O)CCc3ccc(S(=O)(=O)NC)cc3)oc12. The first-order valence-electron chi connectivity index (χ1n) is 9.81. The van der Waals surface area contributed by atoms with Gasteiger partial charge in [-0.1, -0.05) is 24.3 Å². The summed E-state index contributed by atoms with van der Waals surface area (Å²) >= 11 is 0. The number of furan rings is 1. The highest BCUT2D eigenvalue weighted by Crippen LogP contribution is 2.31. The summed E-state index contributed by atoms with van der Waals surface area (Å²) in [5, 5.41) is 3.87. The van der Waals surface area contributed by atoms with Crippen molar-refractivity contribution in [2.24, 2.45) is 0 Å². The van der Waals surface area contributed by atoms with Crippen molar-refractivity contribution in [3.05, 3.63) is 59.9 Å². The van der Waals surface area contributed by atoms with Crippen molar-refractivity contribution in [1.29, 1.82) is 0 Å². The number of carbonyl (C=O) groups excluding carboxylic acids is 1. The molecule has 8 heteroatoms. The van der Waals surface area contributed by atoms with Crippen LogP contribution < -0.4 is 14.8 Å². The molecule has 1 heterocycles. The van der Waals surface area contributed by atoms with Crippen molar-refractivity contribution in [1.82, 2.24) is 10.0 Å². The first-order chi connectivity index (χ1) is 14.3. The van der Waals surface area contributed by atoms with Crippen molar-refractivity contribution in [2.75, 3.05) is 13.7 Å². The van der Waals surface area contributed by atoms with Crippen LogP contribution >= 0.6 is 0 Å². The summed E-state index contributed by atoms with van der Waals surface area (Å²) in [7, 11) is -2.09. The molecule has 3 aromatic rings. The average Bonchev–Trinajstić information content (AvgIpc) is 3.18. The van der Waals surface area contributed by atoms with E-state index in [9.17, 15) is 13.2 Å². The van der Waals surface area contributed by atoms with Gasteiger partial charge in [0.15, 0.2) is 11.3 Å². The van der Waals surface area contributed by atoms with E-state index >= 15 is 0 Å². The zero-order valence-corrected chi connectivity index (χ0v) is 18.1. The van der Waals surface area contributed by atoms with E-state index in [1.54, 1.807) is 12.1 Å². The Bertz CT molecular complexity index is 1120. The molecule has 0 fully saturated rings. The van der Waals surface area contributed by atoms with E-state index in [4.69, 9.17) is 9.15 Å². The van der Waals surface area contributed by atoms with Gasteiger partial charge in [-0.2, -0.15) is 0 Å². The second kappa shape index (κ2) is 9.32. The lowest BCUT2D eigenvalue weighted by Gasteiger charge is -2.11. The van der Waals surface area contributed by atoms with E-state index in [1.807, 2.05) is 38.1 Å². The van der Waals surface area contributed by atoms with Crippen LogP contribution in [0.5, 0.6) is 5.75 Å². The molecule has 0 saturated heterocycles. The van der Waals surface area contributed by atoms with Gasteiger partial charge < -0.3 is 14.5 Å². The summed E-state index contributed by atoms with van der Waals surface area (Å²) < 4.78 is 37.3. The van der Waals surface area contributed by atoms with Crippen molar-refractivity contribution in [2.45, 2.75) is 37.6 Å². The van der Waals surface area contributed by atoms with Crippen molar-refractivity contribution >= 4 is 26.9 Å². The van der Waals surface area contributed by atoms with Crippen molar-refractivity contribution in [3.63, 3.8) is 0 Å². The fourth-order valence-electron chi connectivity index (χ4n) is 3.13. The maximum atomic E-state index is 12.4. The third-order valence-corrected chi connectivity index (χ3v) is 6.20. The van der Waals surface area contributed by atoms with Crippen LogP contribution in [-0.4, -0.2) is 28.0 Å². The molecule has 0 aliphatic heterocycles. The van der Waals surface area contributed by atoms with Gasteiger partial charge in [-0.15, -0.1) is 0 Å². The zero-order chi connectivity index (χ0) is 21.7. The summed E-state index contributed by atoms with van der Waals surface area (Å²) in [4.78, 5) is 12.6. The minimum Gasteiger partial charge on any atom is -0.490 e. The molecule has 1 amide bonds. The van der Waals surface area contributed by atoms with E-state index in [2.05, 4.69) is 10.0 Å². The van der Waals surface area contributed by atoms with E-state index in [0.717, 1.165) is 10.9 Å². The molecule has 0 radical (unpaired) electrons. The third kappa shape index (κ3) is 5.01. The Morgan fingerprint density at radius 2 is 1.90 bits per heavy atom. The molecule has 0 aliphatic carbocycles. The molecule has 0 aliphatic rings. The molecular weight excluding hydrogens is 404 g/mol. The molecule has 160 valence electrons. The fraction of sp³-hybridized carbons (Fsp3) is 0.318. The number of rotatable bonds is 9. The van der Waals surface area contributed by atoms with Crippen LogP contribution in [0.1, 0.15) is 37.6 Å². The molecular formula is C22H26N2O5S. The zero-order valence-electron chi connectivity index (χ0n) is 17.3. The molecule has 2 aromatic carbocycles. The second-order valence-electron chi connectivity index (χ2n) is 6.90. The molecule has 0 bridgehead atoms. The Kier molecular flexibility index (Phi) is 6.79. The van der Waals surface area contributed by atoms with E-state index in [1.165, 1.54) is 19.2 Å². The number of aryl methyl sites for hydroxylation is 1. The van der Waals surface area contributed by atoms with Gasteiger partial charge in [-0.05, 0) is 57.1 Å². The largest absolute Gasteiger partial charge is 0.490 e. The number of benzene rings is 2. The highest BCUT2D eigenvalue weighted by Gasteiger charge is 2.16. The molecule has 1 aromatic heterocycles. The lowest BCUT2D eigenvalue weighted by Crippen LogP contribution is -2.26. The molecule has 0 saturated carbocycles. The number of hydrogen-bond donors (Lipinski definition) is 2. The molecule has 2 N–H and O–H groups in total. The lowest BCUT2D eigenvalue weighted by atomic mass is 10.1. The molecule has 7 nitrogen and oxygen atoms in total. The minimum absolute atomic E-state index is 0.111. The van der Waals surface area contributed by atoms with Gasteiger partial charge >= 0.3 is 0 Å². The molecule has 0 spiro atoms. The number of hydrogen-bond acceptors (Lipinski definition) is 5. The summed E-state index contributed by atoms with van der Waals surface area (Å²) in [6.07, 6.45) is 0.792. The first kappa shape index (κ1) is 21.9. The van der Waals surface area contributed by atoms with Crippen molar-refractivity contribution < 1.29 is 22.4 Å². The van der Waals surface area contributed by atoms with Crippen LogP contribution in [0, 0.1) is 0 Å². The Hall–Kier alpha value is -2.84. The van der Waals surface area contributed by atoms with Crippen LogP contribution in [0.2, 0.25) is 0 Å². The molecule has 1 atom stereocenters. The number of para-hydroxylation sites is 1. The van der Waals surface area contributed by atoms with Crippen LogP contribution in [0.4, 0.5) is 0 Å². The Balaban J connectivity index is 1.60. The Morgan fingerprint density at radius 1 is 1.17 bits per heavy atom. The van der Waals surface area contributed by atoms with Gasteiger partial charge in [0.1, 0.15) is 5.76 Å². The Morgan fingerprint density at radius 3 is 2.57 bits per heavy atom. The number of carbonyl (C=O) groups is 1. The van der Waals surface area contributed by atoms with Crippen LogP contribution in [0.15, 0.2) is 57.8 Å². The highest BCUT2D eigenvalue weighted by atomic mass is 32.2. The second-order valence-corrected chi connectivity index (χ2v) is 8.78. The number of fused-ring (bicyclic) bond motifs is 1. The number of amides is 1. The van der Waals surface area contributed by atoms with Gasteiger partial charge in [0, 0.05) is 11.8 Å². The topological polar surface area (TPSA) is 97.6 Å². The van der Waals surface area contributed by atoms with E-state index in [0.29, 0.717) is 30.1 Å². The van der Waals surface area contributed by atoms with Crippen LogP contribution in [-0.2, 0) is 21.2 Å². The first-order valence-corrected chi connectivity index (χ1v) is 11.3. The van der Waals surface area contributed by atoms with Crippen LogP contribution in [0.3, 0.4) is 0 Å². The van der Waals surface area contributed by atoms with Crippen molar-refractivity contribution in [3.8, 4) is 5.75 Å². The quantitative estimate of drug-likeness (QED) is 0.541. The smallest absolute Gasteiger partial charge is 0.240 e. The number of nitrogens with one attached hydrogen (secondary N) is 2. The summed E-state index contributed by atoms with van der Waals surface area (Å²) in [5.41, 5.74) is 1.56. The maximum absolute atomic E-state index is 12.4. The summed E-state index contributed by atoms with van der Waals surface area (Å²) in [6.45, 7) is 4.33. The number of ether oxygens (including phenoxy) is 1. The molecule has 30 heavy (non-hydrogen) atoms. The normalized spacial score (nSPS) is 12.6. The van der Waals surface area contributed by atoms with Gasteiger partial charge in [-0.25, -0.2) is 13.1 Å². The molecule has 1 unspecified atom stereocenters.